The second-order valence-electron chi connectivity index (χ2n) is 5.82. The van der Waals surface area contributed by atoms with Gasteiger partial charge in [-0.05, 0) is 24.3 Å². The standard InChI is InChI=1S/C20H21N3O6S/c1-25-14-8-6-5-7-13(14)21-17(24)11-30-20-23-22-19(29-20)12-9-15(26-2)18(28-4)16(10-12)27-3/h5-10H,11H2,1-4H3,(H,21,24). The molecule has 0 aliphatic carbocycles. The number of thioether (sulfide) groups is 1. The first kappa shape index (κ1) is 21.3. The number of carbonyl (C=O) groups is 1. The Kier molecular flexibility index (Phi) is 7.02. The molecule has 30 heavy (non-hydrogen) atoms. The quantitative estimate of drug-likeness (QED) is 0.510. The Labute approximate surface area is 177 Å². The molecular formula is C20H21N3O6S. The molecule has 9 nitrogen and oxygen atoms in total. The minimum absolute atomic E-state index is 0.0922. The molecule has 1 aromatic heterocycles. The number of benzene rings is 2. The molecule has 0 atom stereocenters. The van der Waals surface area contributed by atoms with Crippen LogP contribution in [0, 0.1) is 0 Å². The average Bonchev–Trinajstić information content (AvgIpc) is 3.26. The Hall–Kier alpha value is -3.40. The molecule has 158 valence electrons. The molecule has 0 aliphatic rings. The van der Waals surface area contributed by atoms with Gasteiger partial charge in [0.25, 0.3) is 5.22 Å². The summed E-state index contributed by atoms with van der Waals surface area (Å²) in [5.41, 5.74) is 1.19. The minimum atomic E-state index is -0.225. The number of rotatable bonds is 9. The summed E-state index contributed by atoms with van der Waals surface area (Å²) in [7, 11) is 6.12. The molecule has 0 fully saturated rings. The zero-order valence-electron chi connectivity index (χ0n) is 16.9. The molecule has 0 unspecified atom stereocenters. The first-order chi connectivity index (χ1) is 14.6. The number of anilines is 1. The van der Waals surface area contributed by atoms with Gasteiger partial charge in [-0.3, -0.25) is 4.79 Å². The van der Waals surface area contributed by atoms with E-state index < -0.39 is 0 Å². The summed E-state index contributed by atoms with van der Waals surface area (Å²) in [6, 6.07) is 10.6. The van der Waals surface area contributed by atoms with Crippen LogP contribution in [-0.2, 0) is 4.79 Å². The summed E-state index contributed by atoms with van der Waals surface area (Å²) in [5.74, 6) is 2.11. The number of hydrogen-bond acceptors (Lipinski definition) is 9. The van der Waals surface area contributed by atoms with E-state index >= 15 is 0 Å². The van der Waals surface area contributed by atoms with Crippen molar-refractivity contribution in [2.24, 2.45) is 0 Å². The van der Waals surface area contributed by atoms with Gasteiger partial charge in [0.15, 0.2) is 11.5 Å². The predicted molar refractivity (Wildman–Crippen MR) is 112 cm³/mol. The average molecular weight is 431 g/mol. The van der Waals surface area contributed by atoms with E-state index in [1.807, 2.05) is 12.1 Å². The number of para-hydroxylation sites is 2. The summed E-state index contributed by atoms with van der Waals surface area (Å²) in [6.07, 6.45) is 0. The van der Waals surface area contributed by atoms with Crippen molar-refractivity contribution < 1.29 is 28.2 Å². The maximum atomic E-state index is 12.2. The lowest BCUT2D eigenvalue weighted by Gasteiger charge is -2.12. The summed E-state index contributed by atoms with van der Waals surface area (Å²) >= 11 is 1.12. The van der Waals surface area contributed by atoms with Gasteiger partial charge in [0.2, 0.25) is 17.5 Å². The van der Waals surface area contributed by atoms with E-state index in [0.717, 1.165) is 11.8 Å². The number of aromatic nitrogens is 2. The first-order valence-electron chi connectivity index (χ1n) is 8.79. The highest BCUT2D eigenvalue weighted by atomic mass is 32.2. The van der Waals surface area contributed by atoms with Crippen molar-refractivity contribution in [3.63, 3.8) is 0 Å². The van der Waals surface area contributed by atoms with E-state index in [2.05, 4.69) is 15.5 Å². The molecule has 0 bridgehead atoms. The Bertz CT molecular complexity index is 998. The summed E-state index contributed by atoms with van der Waals surface area (Å²) in [5, 5.41) is 11.1. The van der Waals surface area contributed by atoms with Crippen LogP contribution in [0.2, 0.25) is 0 Å². The molecule has 10 heteroatoms. The van der Waals surface area contributed by atoms with E-state index in [4.69, 9.17) is 23.4 Å². The molecule has 1 heterocycles. The molecular weight excluding hydrogens is 410 g/mol. The lowest BCUT2D eigenvalue weighted by molar-refractivity contribution is -0.113. The molecule has 0 saturated heterocycles. The van der Waals surface area contributed by atoms with Crippen molar-refractivity contribution in [3.05, 3.63) is 36.4 Å². The number of nitrogens with zero attached hydrogens (tertiary/aromatic N) is 2. The van der Waals surface area contributed by atoms with Crippen molar-refractivity contribution in [2.45, 2.75) is 5.22 Å². The normalized spacial score (nSPS) is 10.4. The minimum Gasteiger partial charge on any atom is -0.495 e. The monoisotopic (exact) mass is 431 g/mol. The van der Waals surface area contributed by atoms with E-state index in [9.17, 15) is 4.79 Å². The summed E-state index contributed by atoms with van der Waals surface area (Å²) in [6.45, 7) is 0. The number of carbonyl (C=O) groups excluding carboxylic acids is 1. The van der Waals surface area contributed by atoms with E-state index in [0.29, 0.717) is 34.2 Å². The molecule has 3 rings (SSSR count). The van der Waals surface area contributed by atoms with Gasteiger partial charge in [0.1, 0.15) is 5.75 Å². The lowest BCUT2D eigenvalue weighted by atomic mass is 10.2. The smallest absolute Gasteiger partial charge is 0.277 e. The van der Waals surface area contributed by atoms with Gasteiger partial charge >= 0.3 is 0 Å². The third-order valence-corrected chi connectivity index (χ3v) is 4.84. The zero-order valence-corrected chi connectivity index (χ0v) is 17.7. The number of amides is 1. The fraction of sp³-hybridized carbons (Fsp3) is 0.250. The van der Waals surface area contributed by atoms with Crippen LogP contribution in [-0.4, -0.2) is 50.3 Å². The van der Waals surface area contributed by atoms with Crippen molar-refractivity contribution in [1.29, 1.82) is 0 Å². The topological polar surface area (TPSA) is 105 Å². The van der Waals surface area contributed by atoms with Gasteiger partial charge in [0, 0.05) is 5.56 Å². The molecule has 0 spiro atoms. The Morgan fingerprint density at radius 2 is 1.63 bits per heavy atom. The van der Waals surface area contributed by atoms with Crippen molar-refractivity contribution in [3.8, 4) is 34.5 Å². The Balaban J connectivity index is 1.69. The highest BCUT2D eigenvalue weighted by molar-refractivity contribution is 7.99. The van der Waals surface area contributed by atoms with Crippen LogP contribution >= 0.6 is 11.8 Å². The first-order valence-corrected chi connectivity index (χ1v) is 9.77. The Morgan fingerprint density at radius 3 is 2.27 bits per heavy atom. The van der Waals surface area contributed by atoms with Gasteiger partial charge in [-0.1, -0.05) is 23.9 Å². The molecule has 0 aliphatic heterocycles. The second kappa shape index (κ2) is 9.88. The van der Waals surface area contributed by atoms with Crippen LogP contribution in [0.15, 0.2) is 46.0 Å². The van der Waals surface area contributed by atoms with Crippen LogP contribution in [0.1, 0.15) is 0 Å². The van der Waals surface area contributed by atoms with Crippen LogP contribution in [0.5, 0.6) is 23.0 Å². The van der Waals surface area contributed by atoms with Gasteiger partial charge < -0.3 is 28.7 Å². The second-order valence-corrected chi connectivity index (χ2v) is 6.75. The molecule has 0 radical (unpaired) electrons. The van der Waals surface area contributed by atoms with Crippen molar-refractivity contribution in [2.75, 3.05) is 39.5 Å². The number of hydrogen-bond donors (Lipinski definition) is 1. The van der Waals surface area contributed by atoms with E-state index in [1.54, 1.807) is 31.4 Å². The van der Waals surface area contributed by atoms with Gasteiger partial charge in [0.05, 0.1) is 39.9 Å². The number of methoxy groups -OCH3 is 4. The lowest BCUT2D eigenvalue weighted by Crippen LogP contribution is -2.14. The third-order valence-electron chi connectivity index (χ3n) is 4.03. The fourth-order valence-corrected chi connectivity index (χ4v) is 3.21. The van der Waals surface area contributed by atoms with Crippen LogP contribution in [0.3, 0.4) is 0 Å². The van der Waals surface area contributed by atoms with E-state index in [-0.39, 0.29) is 22.8 Å². The molecule has 0 saturated carbocycles. The fourth-order valence-electron chi connectivity index (χ4n) is 2.65. The number of nitrogens with one attached hydrogen (secondary N) is 1. The van der Waals surface area contributed by atoms with Crippen LogP contribution in [0.4, 0.5) is 5.69 Å². The maximum Gasteiger partial charge on any atom is 0.277 e. The predicted octanol–water partition coefficient (Wildman–Crippen LogP) is 3.50. The van der Waals surface area contributed by atoms with E-state index in [1.165, 1.54) is 21.3 Å². The Morgan fingerprint density at radius 1 is 0.967 bits per heavy atom. The zero-order chi connectivity index (χ0) is 21.5. The van der Waals surface area contributed by atoms with Crippen LogP contribution in [0.25, 0.3) is 11.5 Å². The van der Waals surface area contributed by atoms with Gasteiger partial charge in [-0.2, -0.15) is 0 Å². The van der Waals surface area contributed by atoms with Gasteiger partial charge in [-0.25, -0.2) is 0 Å². The highest BCUT2D eigenvalue weighted by Crippen LogP contribution is 2.41. The van der Waals surface area contributed by atoms with Crippen LogP contribution < -0.4 is 24.3 Å². The summed E-state index contributed by atoms with van der Waals surface area (Å²) in [4.78, 5) is 12.2. The summed E-state index contributed by atoms with van der Waals surface area (Å²) < 4.78 is 26.9. The maximum absolute atomic E-state index is 12.2. The van der Waals surface area contributed by atoms with Gasteiger partial charge in [-0.15, -0.1) is 10.2 Å². The van der Waals surface area contributed by atoms with Crippen molar-refractivity contribution >= 4 is 23.4 Å². The molecule has 1 amide bonds. The largest absolute Gasteiger partial charge is 0.495 e. The highest BCUT2D eigenvalue weighted by Gasteiger charge is 2.18. The third kappa shape index (κ3) is 4.77. The van der Waals surface area contributed by atoms with Crippen molar-refractivity contribution in [1.82, 2.24) is 10.2 Å². The molecule has 2 aromatic carbocycles. The molecule has 1 N–H and O–H groups in total. The number of ether oxygens (including phenoxy) is 4. The SMILES string of the molecule is COc1ccccc1NC(=O)CSc1nnc(-c2cc(OC)c(OC)c(OC)c2)o1. The molecule has 3 aromatic rings.